The van der Waals surface area contributed by atoms with Crippen LogP contribution in [-0.4, -0.2) is 9.69 Å². The molecule has 0 amide bonds. The van der Waals surface area contributed by atoms with Gasteiger partial charge in [-0.2, -0.15) is 0 Å². The summed E-state index contributed by atoms with van der Waals surface area (Å²) >= 11 is 28.2. The minimum Gasteiger partial charge on any atom is -0.470 e. The van der Waals surface area contributed by atoms with Crippen molar-refractivity contribution >= 4 is 63.9 Å². The van der Waals surface area contributed by atoms with E-state index in [1.807, 2.05) is 0 Å². The molecule has 1 atom stereocenters. The van der Waals surface area contributed by atoms with Crippen molar-refractivity contribution in [1.29, 1.82) is 5.41 Å². The van der Waals surface area contributed by atoms with Gasteiger partial charge in [0.15, 0.2) is 0 Å². The molecule has 2 nitrogen and oxygen atoms in total. The van der Waals surface area contributed by atoms with Crippen molar-refractivity contribution in [3.63, 3.8) is 0 Å². The van der Waals surface area contributed by atoms with Crippen LogP contribution in [0.15, 0.2) is 18.2 Å². The number of nitrogens with one attached hydrogen (secondary N) is 1. The first-order chi connectivity index (χ1) is 7.71. The van der Waals surface area contributed by atoms with Crippen LogP contribution in [0.2, 0.25) is 10.0 Å². The van der Waals surface area contributed by atoms with Crippen molar-refractivity contribution in [3.05, 3.63) is 33.8 Å². The first-order valence-electron chi connectivity index (χ1n) is 4.49. The molecular formula is C10H8Cl5NO. The minimum atomic E-state index is -1.87. The molecule has 94 valence electrons. The molecule has 0 heterocycles. The second kappa shape index (κ2) is 5.85. The molecule has 0 bridgehead atoms. The highest BCUT2D eigenvalue weighted by molar-refractivity contribution is 6.76. The standard InChI is InChI=1S/C10H8Cl5NO/c1-5(17-9(16)10(13,14)15)6-2-3-7(11)8(12)4-6/h2-5,16H,1H3. The molecule has 1 unspecified atom stereocenters. The Morgan fingerprint density at radius 2 is 1.82 bits per heavy atom. The Bertz CT molecular complexity index is 429. The number of rotatable bonds is 2. The van der Waals surface area contributed by atoms with Crippen molar-refractivity contribution in [2.75, 3.05) is 0 Å². The third kappa shape index (κ3) is 4.38. The Kier molecular flexibility index (Phi) is 5.23. The quantitative estimate of drug-likeness (QED) is 0.437. The number of hydrogen-bond acceptors (Lipinski definition) is 2. The topological polar surface area (TPSA) is 33.1 Å². The van der Waals surface area contributed by atoms with E-state index in [9.17, 15) is 0 Å². The summed E-state index contributed by atoms with van der Waals surface area (Å²) < 4.78 is 3.31. The van der Waals surface area contributed by atoms with Gasteiger partial charge in [0.2, 0.25) is 5.90 Å². The largest absolute Gasteiger partial charge is 0.470 e. The first kappa shape index (κ1) is 15.2. The molecule has 0 aliphatic heterocycles. The van der Waals surface area contributed by atoms with Crippen LogP contribution in [-0.2, 0) is 4.74 Å². The minimum absolute atomic E-state index is 0.403. The summed E-state index contributed by atoms with van der Waals surface area (Å²) in [6.07, 6.45) is -0.465. The molecule has 0 aliphatic rings. The van der Waals surface area contributed by atoms with Crippen molar-refractivity contribution in [1.82, 2.24) is 0 Å². The molecule has 0 radical (unpaired) electrons. The van der Waals surface area contributed by atoms with Gasteiger partial charge in [0, 0.05) is 0 Å². The van der Waals surface area contributed by atoms with Crippen molar-refractivity contribution < 1.29 is 4.74 Å². The molecule has 1 aromatic carbocycles. The third-order valence-corrected chi connectivity index (χ3v) is 3.22. The van der Waals surface area contributed by atoms with E-state index in [4.69, 9.17) is 68.2 Å². The second-order valence-corrected chi connectivity index (χ2v) is 6.36. The maximum absolute atomic E-state index is 7.44. The van der Waals surface area contributed by atoms with E-state index >= 15 is 0 Å². The molecule has 0 aromatic heterocycles. The van der Waals surface area contributed by atoms with Gasteiger partial charge in [0.05, 0.1) is 10.0 Å². The number of alkyl halides is 3. The molecule has 1 rings (SSSR count). The van der Waals surface area contributed by atoms with E-state index in [-0.39, 0.29) is 0 Å². The summed E-state index contributed by atoms with van der Waals surface area (Å²) in [6.45, 7) is 1.71. The average Bonchev–Trinajstić information content (AvgIpc) is 2.20. The van der Waals surface area contributed by atoms with Crippen LogP contribution in [0.3, 0.4) is 0 Å². The molecule has 1 aromatic rings. The van der Waals surface area contributed by atoms with Crippen LogP contribution in [0.5, 0.6) is 0 Å². The lowest BCUT2D eigenvalue weighted by molar-refractivity contribution is 0.206. The number of benzene rings is 1. The zero-order valence-electron chi connectivity index (χ0n) is 8.61. The Balaban J connectivity index is 2.80. The van der Waals surface area contributed by atoms with Gasteiger partial charge >= 0.3 is 0 Å². The molecule has 17 heavy (non-hydrogen) atoms. The zero-order chi connectivity index (χ0) is 13.2. The lowest BCUT2D eigenvalue weighted by atomic mass is 10.1. The summed E-state index contributed by atoms with van der Waals surface area (Å²) in [5.41, 5.74) is 0.735. The summed E-state index contributed by atoms with van der Waals surface area (Å²) in [5.74, 6) is -0.443. The van der Waals surface area contributed by atoms with Gasteiger partial charge in [-0.3, -0.25) is 5.41 Å². The van der Waals surface area contributed by atoms with Crippen molar-refractivity contribution in [2.24, 2.45) is 0 Å². The maximum Gasteiger partial charge on any atom is 0.265 e. The van der Waals surface area contributed by atoms with Gasteiger partial charge in [0.1, 0.15) is 6.10 Å². The van der Waals surface area contributed by atoms with E-state index in [0.717, 1.165) is 5.56 Å². The van der Waals surface area contributed by atoms with E-state index in [1.54, 1.807) is 25.1 Å². The summed E-state index contributed by atoms with van der Waals surface area (Å²) in [5, 5.41) is 8.29. The lowest BCUT2D eigenvalue weighted by Crippen LogP contribution is -2.22. The van der Waals surface area contributed by atoms with Gasteiger partial charge in [-0.15, -0.1) is 0 Å². The van der Waals surface area contributed by atoms with Crippen molar-refractivity contribution in [3.8, 4) is 0 Å². The Morgan fingerprint density at radius 1 is 1.24 bits per heavy atom. The molecule has 0 aliphatic carbocycles. The molecule has 1 N–H and O–H groups in total. The fourth-order valence-electron chi connectivity index (χ4n) is 1.08. The van der Waals surface area contributed by atoms with Gasteiger partial charge in [-0.1, -0.05) is 64.1 Å². The van der Waals surface area contributed by atoms with Crippen LogP contribution in [0.1, 0.15) is 18.6 Å². The molecule has 7 heteroatoms. The summed E-state index contributed by atoms with van der Waals surface area (Å²) in [7, 11) is 0. The Labute approximate surface area is 124 Å². The predicted octanol–water partition coefficient (Wildman–Crippen LogP) is 5.42. The summed E-state index contributed by atoms with van der Waals surface area (Å²) in [4.78, 5) is 0. The van der Waals surface area contributed by atoms with Crippen molar-refractivity contribution in [2.45, 2.75) is 16.8 Å². The monoisotopic (exact) mass is 333 g/mol. The van der Waals surface area contributed by atoms with E-state index in [2.05, 4.69) is 0 Å². The van der Waals surface area contributed by atoms with E-state index in [0.29, 0.717) is 10.0 Å². The molecule has 0 saturated heterocycles. The Hall–Kier alpha value is 0.140. The van der Waals surface area contributed by atoms with Gasteiger partial charge in [-0.05, 0) is 24.6 Å². The third-order valence-electron chi connectivity index (χ3n) is 1.97. The lowest BCUT2D eigenvalue weighted by Gasteiger charge is -2.19. The predicted molar refractivity (Wildman–Crippen MR) is 74.0 cm³/mol. The van der Waals surface area contributed by atoms with Gasteiger partial charge in [0.25, 0.3) is 3.79 Å². The van der Waals surface area contributed by atoms with Crippen LogP contribution in [0, 0.1) is 5.41 Å². The van der Waals surface area contributed by atoms with Crippen LogP contribution in [0.4, 0.5) is 0 Å². The van der Waals surface area contributed by atoms with Crippen LogP contribution in [0.25, 0.3) is 0 Å². The van der Waals surface area contributed by atoms with Gasteiger partial charge in [-0.25, -0.2) is 0 Å². The number of ether oxygens (including phenoxy) is 1. The first-order valence-corrected chi connectivity index (χ1v) is 6.38. The fraction of sp³-hybridized carbons (Fsp3) is 0.300. The Morgan fingerprint density at radius 3 is 2.29 bits per heavy atom. The second-order valence-electron chi connectivity index (χ2n) is 3.26. The highest BCUT2D eigenvalue weighted by Crippen LogP contribution is 2.32. The molecular weight excluding hydrogens is 327 g/mol. The highest BCUT2D eigenvalue weighted by Gasteiger charge is 2.30. The maximum atomic E-state index is 7.44. The molecule has 0 fully saturated rings. The van der Waals surface area contributed by atoms with E-state index < -0.39 is 15.8 Å². The molecule has 0 spiro atoms. The van der Waals surface area contributed by atoms with Gasteiger partial charge < -0.3 is 4.74 Å². The number of hydrogen-bond donors (Lipinski definition) is 1. The highest BCUT2D eigenvalue weighted by atomic mass is 35.6. The number of halogens is 5. The van der Waals surface area contributed by atoms with Crippen LogP contribution < -0.4 is 0 Å². The smallest absolute Gasteiger partial charge is 0.265 e. The fourth-order valence-corrected chi connectivity index (χ4v) is 1.52. The SMILES string of the molecule is CC(OC(=N)C(Cl)(Cl)Cl)c1ccc(Cl)c(Cl)c1. The van der Waals surface area contributed by atoms with E-state index in [1.165, 1.54) is 0 Å². The van der Waals surface area contributed by atoms with Crippen LogP contribution >= 0.6 is 58.0 Å². The summed E-state index contributed by atoms with van der Waals surface area (Å²) in [6, 6.07) is 5.00. The molecule has 0 saturated carbocycles. The normalized spacial score (nSPS) is 13.3. The zero-order valence-corrected chi connectivity index (χ0v) is 12.4. The average molecular weight is 335 g/mol.